The summed E-state index contributed by atoms with van der Waals surface area (Å²) in [5, 5.41) is 1.19. The van der Waals surface area contributed by atoms with Gasteiger partial charge in [0.15, 0.2) is 0 Å². The van der Waals surface area contributed by atoms with Crippen molar-refractivity contribution in [1.82, 2.24) is 15.4 Å². The number of hydrazine groups is 1. The summed E-state index contributed by atoms with van der Waals surface area (Å²) in [6.45, 7) is 0. The third kappa shape index (κ3) is 2.72. The number of aryl methyl sites for hydroxylation is 1. The normalized spacial score (nSPS) is 11.0. The van der Waals surface area contributed by atoms with Gasteiger partial charge in [-0.25, -0.2) is 4.39 Å². The fourth-order valence-electron chi connectivity index (χ4n) is 2.90. The molecule has 2 aromatic heterocycles. The van der Waals surface area contributed by atoms with E-state index in [9.17, 15) is 14.0 Å². The number of aromatic nitrogens is 1. The summed E-state index contributed by atoms with van der Waals surface area (Å²) in [7, 11) is 1.85. The van der Waals surface area contributed by atoms with Gasteiger partial charge in [0.05, 0.1) is 10.4 Å². The highest BCUT2D eigenvalue weighted by molar-refractivity contribution is 7.20. The van der Waals surface area contributed by atoms with Crippen molar-refractivity contribution in [2.75, 3.05) is 0 Å². The van der Waals surface area contributed by atoms with Crippen molar-refractivity contribution in [1.29, 1.82) is 0 Å². The molecule has 0 saturated heterocycles. The van der Waals surface area contributed by atoms with Crippen LogP contribution in [0.4, 0.5) is 4.39 Å². The number of carbonyl (C=O) groups excluding carboxylic acids is 2. The van der Waals surface area contributed by atoms with Crippen LogP contribution in [0, 0.1) is 5.82 Å². The van der Waals surface area contributed by atoms with Crippen molar-refractivity contribution >= 4 is 44.1 Å². The number of para-hydroxylation sites is 1. The monoisotopic (exact) mass is 367 g/mol. The van der Waals surface area contributed by atoms with E-state index in [0.717, 1.165) is 10.9 Å². The summed E-state index contributed by atoms with van der Waals surface area (Å²) in [5.41, 5.74) is 6.20. The number of nitrogens with one attached hydrogen (secondary N) is 2. The molecule has 2 N–H and O–H groups in total. The van der Waals surface area contributed by atoms with Gasteiger partial charge in [-0.1, -0.05) is 24.3 Å². The van der Waals surface area contributed by atoms with Crippen molar-refractivity contribution in [2.45, 2.75) is 0 Å². The molecule has 7 heteroatoms. The molecule has 0 unspecified atom stereocenters. The highest BCUT2D eigenvalue weighted by atomic mass is 32.1. The van der Waals surface area contributed by atoms with Gasteiger partial charge in [0.25, 0.3) is 11.8 Å². The first-order valence-electron chi connectivity index (χ1n) is 7.87. The first kappa shape index (κ1) is 16.3. The Balaban J connectivity index is 1.53. The minimum atomic E-state index is -0.487. The van der Waals surface area contributed by atoms with E-state index in [0.29, 0.717) is 20.5 Å². The topological polar surface area (TPSA) is 63.1 Å². The van der Waals surface area contributed by atoms with Crippen molar-refractivity contribution in [2.24, 2.45) is 7.05 Å². The lowest BCUT2D eigenvalue weighted by Gasteiger charge is -2.05. The lowest BCUT2D eigenvalue weighted by molar-refractivity contribution is 0.0850. The second-order valence-electron chi connectivity index (χ2n) is 5.84. The highest BCUT2D eigenvalue weighted by Gasteiger charge is 2.16. The van der Waals surface area contributed by atoms with Crippen LogP contribution in [0.1, 0.15) is 20.0 Å². The zero-order valence-corrected chi connectivity index (χ0v) is 14.6. The standard InChI is InChI=1S/C19H14FN3O2S/c1-23-10-13(11-5-2-3-7-15(11)23)18(24)21-22-19(25)17-9-12-14(20)6-4-8-16(12)26-17/h2-10H,1H3,(H,21,24)(H,22,25). The quantitative estimate of drug-likeness (QED) is 0.532. The highest BCUT2D eigenvalue weighted by Crippen LogP contribution is 2.27. The van der Waals surface area contributed by atoms with E-state index in [2.05, 4.69) is 10.9 Å². The molecule has 0 aliphatic heterocycles. The lowest BCUT2D eigenvalue weighted by atomic mass is 10.2. The van der Waals surface area contributed by atoms with Gasteiger partial charge >= 0.3 is 0 Å². The Morgan fingerprint density at radius 1 is 1.00 bits per heavy atom. The number of hydrogen-bond acceptors (Lipinski definition) is 3. The molecule has 130 valence electrons. The molecule has 4 aromatic rings. The molecule has 5 nitrogen and oxygen atoms in total. The van der Waals surface area contributed by atoms with Crippen LogP contribution in [0.25, 0.3) is 21.0 Å². The zero-order valence-electron chi connectivity index (χ0n) is 13.7. The van der Waals surface area contributed by atoms with E-state index in [1.165, 1.54) is 23.5 Å². The minimum absolute atomic E-state index is 0.323. The van der Waals surface area contributed by atoms with Crippen molar-refractivity contribution in [3.05, 3.63) is 71.0 Å². The number of nitrogens with zero attached hydrogens (tertiary/aromatic N) is 1. The van der Waals surface area contributed by atoms with Crippen molar-refractivity contribution in [3.8, 4) is 0 Å². The molecule has 0 saturated carbocycles. The molecule has 0 atom stereocenters. The molecule has 26 heavy (non-hydrogen) atoms. The van der Waals surface area contributed by atoms with Gasteiger partial charge in [-0.3, -0.25) is 20.4 Å². The number of rotatable bonds is 2. The Morgan fingerprint density at radius 3 is 2.58 bits per heavy atom. The number of amides is 2. The number of carbonyl (C=O) groups is 2. The molecular formula is C19H14FN3O2S. The predicted octanol–water partition coefficient (Wildman–Crippen LogP) is 3.61. The van der Waals surface area contributed by atoms with Crippen molar-refractivity contribution < 1.29 is 14.0 Å². The summed E-state index contributed by atoms with van der Waals surface area (Å²) < 4.78 is 16.3. The Morgan fingerprint density at radius 2 is 1.77 bits per heavy atom. The van der Waals surface area contributed by atoms with E-state index < -0.39 is 11.8 Å². The van der Waals surface area contributed by atoms with Crippen LogP contribution in [-0.4, -0.2) is 16.4 Å². The SMILES string of the molecule is Cn1cc(C(=O)NNC(=O)c2cc3c(F)cccc3s2)c2ccccc21. The maximum absolute atomic E-state index is 13.8. The number of thiophene rings is 1. The maximum atomic E-state index is 13.8. The summed E-state index contributed by atoms with van der Waals surface area (Å²) >= 11 is 1.17. The van der Waals surface area contributed by atoms with Gasteiger partial charge in [0.1, 0.15) is 5.82 Å². The average molecular weight is 367 g/mol. The first-order chi connectivity index (χ1) is 12.5. The smallest absolute Gasteiger partial charge is 0.279 e. The molecule has 2 aromatic carbocycles. The van der Waals surface area contributed by atoms with Gasteiger partial charge in [0.2, 0.25) is 0 Å². The Labute approximate surface area is 152 Å². The molecular weight excluding hydrogens is 353 g/mol. The van der Waals surface area contributed by atoms with E-state index >= 15 is 0 Å². The van der Waals surface area contributed by atoms with E-state index in [-0.39, 0.29) is 5.82 Å². The summed E-state index contributed by atoms with van der Waals surface area (Å²) in [6.07, 6.45) is 1.71. The lowest BCUT2D eigenvalue weighted by Crippen LogP contribution is -2.41. The van der Waals surface area contributed by atoms with Crippen LogP contribution in [0.2, 0.25) is 0 Å². The van der Waals surface area contributed by atoms with Crippen molar-refractivity contribution in [3.63, 3.8) is 0 Å². The molecule has 4 rings (SSSR count). The third-order valence-electron chi connectivity index (χ3n) is 4.16. The Hall–Kier alpha value is -3.19. The summed E-state index contributed by atoms with van der Waals surface area (Å²) in [6, 6.07) is 13.7. The second-order valence-corrected chi connectivity index (χ2v) is 6.93. The molecule has 2 heterocycles. The molecule has 0 fully saturated rings. The molecule has 0 aliphatic carbocycles. The van der Waals surface area contributed by atoms with Crippen LogP contribution in [0.15, 0.2) is 54.7 Å². The Bertz CT molecular complexity index is 1160. The summed E-state index contributed by atoms with van der Waals surface area (Å²) in [5.74, 6) is -1.28. The number of halogens is 1. The van der Waals surface area contributed by atoms with Gasteiger partial charge in [-0.2, -0.15) is 0 Å². The number of hydrogen-bond donors (Lipinski definition) is 2. The Kier molecular flexibility index (Phi) is 3.93. The molecule has 0 radical (unpaired) electrons. The molecule has 0 bridgehead atoms. The van der Waals surface area contributed by atoms with Crippen LogP contribution in [-0.2, 0) is 7.05 Å². The molecule has 0 spiro atoms. The van der Waals surface area contributed by atoms with Crippen LogP contribution < -0.4 is 10.9 Å². The van der Waals surface area contributed by atoms with Crippen LogP contribution >= 0.6 is 11.3 Å². The minimum Gasteiger partial charge on any atom is -0.350 e. The molecule has 0 aliphatic rings. The number of fused-ring (bicyclic) bond motifs is 2. The van der Waals surface area contributed by atoms with Gasteiger partial charge in [-0.05, 0) is 24.3 Å². The largest absolute Gasteiger partial charge is 0.350 e. The first-order valence-corrected chi connectivity index (χ1v) is 8.69. The van der Waals surface area contributed by atoms with Gasteiger partial charge in [0, 0.05) is 34.2 Å². The second kappa shape index (κ2) is 6.27. The summed E-state index contributed by atoms with van der Waals surface area (Å²) in [4.78, 5) is 25.0. The average Bonchev–Trinajstić information content (AvgIpc) is 3.23. The zero-order chi connectivity index (χ0) is 18.3. The van der Waals surface area contributed by atoms with Crippen LogP contribution in [0.3, 0.4) is 0 Å². The molecule has 2 amide bonds. The predicted molar refractivity (Wildman–Crippen MR) is 99.6 cm³/mol. The van der Waals surface area contributed by atoms with E-state index in [4.69, 9.17) is 0 Å². The number of benzene rings is 2. The van der Waals surface area contributed by atoms with Gasteiger partial charge in [-0.15, -0.1) is 11.3 Å². The van der Waals surface area contributed by atoms with E-state index in [1.54, 1.807) is 18.3 Å². The van der Waals surface area contributed by atoms with E-state index in [1.807, 2.05) is 35.9 Å². The van der Waals surface area contributed by atoms with Gasteiger partial charge < -0.3 is 4.57 Å². The fraction of sp³-hybridized carbons (Fsp3) is 0.0526. The fourth-order valence-corrected chi connectivity index (χ4v) is 3.87. The van der Waals surface area contributed by atoms with Crippen LogP contribution in [0.5, 0.6) is 0 Å². The third-order valence-corrected chi connectivity index (χ3v) is 5.26. The maximum Gasteiger partial charge on any atom is 0.279 e.